The number of benzene rings is 1. The molecule has 0 bridgehead atoms. The van der Waals surface area contributed by atoms with E-state index in [0.29, 0.717) is 5.03 Å². The van der Waals surface area contributed by atoms with Crippen molar-refractivity contribution in [3.8, 4) is 5.75 Å². The van der Waals surface area contributed by atoms with Crippen molar-refractivity contribution >= 4 is 11.8 Å². The summed E-state index contributed by atoms with van der Waals surface area (Å²) in [7, 11) is 1.59. The standard InChI is InChI=1S/C12H10FNOS/c1-15-10-6-2-3-7-11(10)16-12-9(13)5-4-8-14-12/h2-8H,1H3. The van der Waals surface area contributed by atoms with Gasteiger partial charge in [0.1, 0.15) is 10.8 Å². The van der Waals surface area contributed by atoms with E-state index in [-0.39, 0.29) is 5.82 Å². The largest absolute Gasteiger partial charge is 0.496 e. The lowest BCUT2D eigenvalue weighted by Crippen LogP contribution is -1.88. The van der Waals surface area contributed by atoms with E-state index < -0.39 is 0 Å². The lowest BCUT2D eigenvalue weighted by Gasteiger charge is -2.07. The molecule has 2 rings (SSSR count). The van der Waals surface area contributed by atoms with Crippen molar-refractivity contribution in [3.05, 3.63) is 48.4 Å². The fourth-order valence-electron chi connectivity index (χ4n) is 1.25. The van der Waals surface area contributed by atoms with Gasteiger partial charge >= 0.3 is 0 Å². The number of ether oxygens (including phenoxy) is 1. The molecule has 0 N–H and O–H groups in total. The second kappa shape index (κ2) is 4.99. The molecule has 2 nitrogen and oxygen atoms in total. The predicted octanol–water partition coefficient (Wildman–Crippen LogP) is 3.38. The van der Waals surface area contributed by atoms with Crippen molar-refractivity contribution in [2.45, 2.75) is 9.92 Å². The van der Waals surface area contributed by atoms with Crippen LogP contribution < -0.4 is 4.74 Å². The van der Waals surface area contributed by atoms with Crippen molar-refractivity contribution in [2.24, 2.45) is 0 Å². The number of para-hydroxylation sites is 1. The Kier molecular flexibility index (Phi) is 3.41. The van der Waals surface area contributed by atoms with E-state index in [1.807, 2.05) is 24.3 Å². The van der Waals surface area contributed by atoms with Gasteiger partial charge in [0, 0.05) is 6.20 Å². The smallest absolute Gasteiger partial charge is 0.155 e. The van der Waals surface area contributed by atoms with Crippen LogP contribution in [0, 0.1) is 5.82 Å². The molecular weight excluding hydrogens is 225 g/mol. The first-order chi connectivity index (χ1) is 7.81. The predicted molar refractivity (Wildman–Crippen MR) is 61.3 cm³/mol. The maximum Gasteiger partial charge on any atom is 0.155 e. The highest BCUT2D eigenvalue weighted by Gasteiger charge is 2.08. The van der Waals surface area contributed by atoms with Gasteiger partial charge in [0.15, 0.2) is 5.82 Å². The van der Waals surface area contributed by atoms with E-state index in [9.17, 15) is 4.39 Å². The highest BCUT2D eigenvalue weighted by molar-refractivity contribution is 7.99. The summed E-state index contributed by atoms with van der Waals surface area (Å²) < 4.78 is 18.6. The highest BCUT2D eigenvalue weighted by atomic mass is 32.2. The molecule has 0 unspecified atom stereocenters. The normalized spacial score (nSPS) is 10.1. The van der Waals surface area contributed by atoms with Crippen molar-refractivity contribution < 1.29 is 9.13 Å². The van der Waals surface area contributed by atoms with Gasteiger partial charge in [-0.1, -0.05) is 23.9 Å². The van der Waals surface area contributed by atoms with Crippen LogP contribution in [0.5, 0.6) is 5.75 Å². The summed E-state index contributed by atoms with van der Waals surface area (Å²) in [5, 5.41) is 0.354. The van der Waals surface area contributed by atoms with E-state index in [0.717, 1.165) is 10.6 Å². The van der Waals surface area contributed by atoms with Gasteiger partial charge in [-0.15, -0.1) is 0 Å². The van der Waals surface area contributed by atoms with Gasteiger partial charge in [0.25, 0.3) is 0 Å². The average molecular weight is 235 g/mol. The van der Waals surface area contributed by atoms with Crippen molar-refractivity contribution in [1.82, 2.24) is 4.98 Å². The van der Waals surface area contributed by atoms with Gasteiger partial charge in [-0.3, -0.25) is 0 Å². The molecule has 82 valence electrons. The second-order valence-electron chi connectivity index (χ2n) is 3.04. The number of hydrogen-bond acceptors (Lipinski definition) is 3. The van der Waals surface area contributed by atoms with E-state index in [4.69, 9.17) is 4.74 Å². The molecular formula is C12H10FNOS. The van der Waals surface area contributed by atoms with Crippen LogP contribution in [-0.4, -0.2) is 12.1 Å². The minimum absolute atomic E-state index is 0.321. The van der Waals surface area contributed by atoms with E-state index in [1.165, 1.54) is 17.8 Å². The molecule has 1 aromatic carbocycles. The maximum atomic E-state index is 13.4. The van der Waals surface area contributed by atoms with Gasteiger partial charge in [0.2, 0.25) is 0 Å². The number of methoxy groups -OCH3 is 1. The molecule has 2 aromatic rings. The molecule has 0 aliphatic heterocycles. The molecule has 0 aliphatic rings. The molecule has 0 atom stereocenters. The van der Waals surface area contributed by atoms with E-state index >= 15 is 0 Å². The van der Waals surface area contributed by atoms with Crippen LogP contribution in [0.4, 0.5) is 4.39 Å². The third-order valence-corrected chi connectivity index (χ3v) is 3.05. The summed E-state index contributed by atoms with van der Waals surface area (Å²) in [4.78, 5) is 4.83. The summed E-state index contributed by atoms with van der Waals surface area (Å²) >= 11 is 1.25. The fourth-order valence-corrected chi connectivity index (χ4v) is 2.14. The first-order valence-electron chi connectivity index (χ1n) is 4.72. The lowest BCUT2D eigenvalue weighted by atomic mass is 10.3. The Bertz CT molecular complexity index is 490. The molecule has 4 heteroatoms. The first-order valence-corrected chi connectivity index (χ1v) is 5.54. The van der Waals surface area contributed by atoms with Crippen LogP contribution in [0.2, 0.25) is 0 Å². The Balaban J connectivity index is 2.30. The average Bonchev–Trinajstić information content (AvgIpc) is 2.33. The zero-order chi connectivity index (χ0) is 11.4. The molecule has 0 radical (unpaired) electrons. The third-order valence-electron chi connectivity index (χ3n) is 2.00. The Hall–Kier alpha value is -1.55. The van der Waals surface area contributed by atoms with Gasteiger partial charge in [-0.05, 0) is 24.3 Å². The molecule has 0 amide bonds. The quantitative estimate of drug-likeness (QED) is 0.814. The first kappa shape index (κ1) is 11.0. The second-order valence-corrected chi connectivity index (χ2v) is 4.07. The van der Waals surface area contributed by atoms with Gasteiger partial charge in [-0.25, -0.2) is 9.37 Å². The summed E-state index contributed by atoms with van der Waals surface area (Å²) in [5.41, 5.74) is 0. The molecule has 1 aromatic heterocycles. The third kappa shape index (κ3) is 2.33. The summed E-state index contributed by atoms with van der Waals surface area (Å²) in [6, 6.07) is 10.4. The zero-order valence-electron chi connectivity index (χ0n) is 8.68. The fraction of sp³-hybridized carbons (Fsp3) is 0.0833. The van der Waals surface area contributed by atoms with Crippen molar-refractivity contribution in [1.29, 1.82) is 0 Å². The Morgan fingerprint density at radius 1 is 1.19 bits per heavy atom. The molecule has 1 heterocycles. The summed E-state index contributed by atoms with van der Waals surface area (Å²) in [6.07, 6.45) is 1.57. The summed E-state index contributed by atoms with van der Waals surface area (Å²) in [5.74, 6) is 0.399. The van der Waals surface area contributed by atoms with Crippen LogP contribution >= 0.6 is 11.8 Å². The SMILES string of the molecule is COc1ccccc1Sc1ncccc1F. The zero-order valence-corrected chi connectivity index (χ0v) is 9.50. The molecule has 0 fully saturated rings. The minimum Gasteiger partial charge on any atom is -0.496 e. The molecule has 16 heavy (non-hydrogen) atoms. The number of hydrogen-bond donors (Lipinski definition) is 0. The lowest BCUT2D eigenvalue weighted by molar-refractivity contribution is 0.405. The van der Waals surface area contributed by atoms with Crippen molar-refractivity contribution in [3.63, 3.8) is 0 Å². The van der Waals surface area contributed by atoms with Crippen LogP contribution in [0.15, 0.2) is 52.5 Å². The van der Waals surface area contributed by atoms with Crippen LogP contribution in [0.25, 0.3) is 0 Å². The Labute approximate surface area is 97.5 Å². The van der Waals surface area contributed by atoms with Gasteiger partial charge in [0.05, 0.1) is 12.0 Å². The van der Waals surface area contributed by atoms with Crippen LogP contribution in [-0.2, 0) is 0 Å². The molecule has 0 saturated carbocycles. The summed E-state index contributed by atoms with van der Waals surface area (Å²) in [6.45, 7) is 0. The molecule has 0 aliphatic carbocycles. The monoisotopic (exact) mass is 235 g/mol. The van der Waals surface area contributed by atoms with Crippen molar-refractivity contribution in [2.75, 3.05) is 7.11 Å². The van der Waals surface area contributed by atoms with Crippen LogP contribution in [0.1, 0.15) is 0 Å². The Morgan fingerprint density at radius 2 is 2.00 bits per heavy atom. The Morgan fingerprint density at radius 3 is 2.75 bits per heavy atom. The van der Waals surface area contributed by atoms with Gasteiger partial charge < -0.3 is 4.74 Å². The number of nitrogens with zero attached hydrogens (tertiary/aromatic N) is 1. The van der Waals surface area contributed by atoms with Gasteiger partial charge in [-0.2, -0.15) is 0 Å². The molecule has 0 saturated heterocycles. The maximum absolute atomic E-state index is 13.4. The minimum atomic E-state index is -0.321. The number of rotatable bonds is 3. The van der Waals surface area contributed by atoms with Crippen LogP contribution in [0.3, 0.4) is 0 Å². The number of halogens is 1. The number of aromatic nitrogens is 1. The topological polar surface area (TPSA) is 22.1 Å². The van der Waals surface area contributed by atoms with E-state index in [1.54, 1.807) is 19.4 Å². The molecule has 0 spiro atoms. The number of pyridine rings is 1. The highest BCUT2D eigenvalue weighted by Crippen LogP contribution is 2.34. The van der Waals surface area contributed by atoms with E-state index in [2.05, 4.69) is 4.98 Å².